The Kier molecular flexibility index (Phi) is 2.87. The van der Waals surface area contributed by atoms with Gasteiger partial charge < -0.3 is 4.74 Å². The zero-order valence-electron chi connectivity index (χ0n) is 8.16. The van der Waals surface area contributed by atoms with Crippen molar-refractivity contribution in [2.75, 3.05) is 6.61 Å². The van der Waals surface area contributed by atoms with Gasteiger partial charge >= 0.3 is 0 Å². The van der Waals surface area contributed by atoms with E-state index < -0.39 is 0 Å². The second-order valence-corrected chi connectivity index (χ2v) is 2.93. The van der Waals surface area contributed by atoms with Gasteiger partial charge in [0.05, 0.1) is 5.69 Å². The fourth-order valence-corrected chi connectivity index (χ4v) is 1.33. The topological polar surface area (TPSA) is 27.1 Å². The maximum absolute atomic E-state index is 5.42. The highest BCUT2D eigenvalue weighted by molar-refractivity contribution is 5.06. The first-order valence-corrected chi connectivity index (χ1v) is 4.29. The SMILES string of the molecule is CCO[C@@H](C)n1nc(C)cc1C. The first-order valence-electron chi connectivity index (χ1n) is 4.29. The lowest BCUT2D eigenvalue weighted by Gasteiger charge is -2.13. The van der Waals surface area contributed by atoms with E-state index in [2.05, 4.69) is 11.2 Å². The minimum absolute atomic E-state index is 0.0451. The third-order valence-electron chi connectivity index (χ3n) is 1.80. The smallest absolute Gasteiger partial charge is 0.147 e. The van der Waals surface area contributed by atoms with Gasteiger partial charge in [0.2, 0.25) is 0 Å². The molecule has 0 bridgehead atoms. The first-order chi connectivity index (χ1) is 5.65. The van der Waals surface area contributed by atoms with Crippen molar-refractivity contribution in [2.45, 2.75) is 33.9 Å². The van der Waals surface area contributed by atoms with E-state index in [9.17, 15) is 0 Å². The molecule has 0 saturated carbocycles. The second kappa shape index (κ2) is 3.72. The van der Waals surface area contributed by atoms with Gasteiger partial charge in [0.15, 0.2) is 0 Å². The lowest BCUT2D eigenvalue weighted by Crippen LogP contribution is -2.12. The van der Waals surface area contributed by atoms with E-state index in [0.717, 1.165) is 18.0 Å². The molecule has 1 rings (SSSR count). The predicted molar refractivity (Wildman–Crippen MR) is 48.0 cm³/mol. The summed E-state index contributed by atoms with van der Waals surface area (Å²) >= 11 is 0. The van der Waals surface area contributed by atoms with Crippen LogP contribution in [0.3, 0.4) is 0 Å². The molecule has 0 unspecified atom stereocenters. The van der Waals surface area contributed by atoms with Gasteiger partial charge in [-0.05, 0) is 33.8 Å². The Labute approximate surface area is 73.3 Å². The van der Waals surface area contributed by atoms with Gasteiger partial charge in [0.1, 0.15) is 6.23 Å². The van der Waals surface area contributed by atoms with Gasteiger partial charge in [-0.3, -0.25) is 0 Å². The van der Waals surface area contributed by atoms with Crippen molar-refractivity contribution >= 4 is 0 Å². The summed E-state index contributed by atoms with van der Waals surface area (Å²) in [6.07, 6.45) is 0.0451. The Morgan fingerprint density at radius 3 is 2.67 bits per heavy atom. The summed E-state index contributed by atoms with van der Waals surface area (Å²) in [6.45, 7) is 8.74. The Bertz CT molecular complexity index is 255. The summed E-state index contributed by atoms with van der Waals surface area (Å²) in [4.78, 5) is 0. The van der Waals surface area contributed by atoms with Crippen molar-refractivity contribution in [3.8, 4) is 0 Å². The minimum atomic E-state index is 0.0451. The van der Waals surface area contributed by atoms with Crippen LogP contribution in [0.25, 0.3) is 0 Å². The average Bonchev–Trinajstić information content (AvgIpc) is 2.30. The van der Waals surface area contributed by atoms with E-state index in [0.29, 0.717) is 0 Å². The van der Waals surface area contributed by atoms with Crippen LogP contribution in [-0.4, -0.2) is 16.4 Å². The molecule has 1 aromatic rings. The zero-order valence-corrected chi connectivity index (χ0v) is 8.16. The fraction of sp³-hybridized carbons (Fsp3) is 0.667. The van der Waals surface area contributed by atoms with Crippen LogP contribution in [0, 0.1) is 13.8 Å². The van der Waals surface area contributed by atoms with Crippen LogP contribution in [0.1, 0.15) is 31.5 Å². The van der Waals surface area contributed by atoms with Crippen molar-refractivity contribution in [3.63, 3.8) is 0 Å². The van der Waals surface area contributed by atoms with Crippen LogP contribution in [0.4, 0.5) is 0 Å². The van der Waals surface area contributed by atoms with E-state index in [-0.39, 0.29) is 6.23 Å². The van der Waals surface area contributed by atoms with Crippen LogP contribution in [0.5, 0.6) is 0 Å². The van der Waals surface area contributed by atoms with Crippen molar-refractivity contribution in [1.82, 2.24) is 9.78 Å². The molecule has 0 aliphatic rings. The standard InChI is InChI=1S/C9H16N2O/c1-5-12-9(4)11-8(3)6-7(2)10-11/h6,9H,5H2,1-4H3/t9-/m0/s1. The molecule has 0 saturated heterocycles. The molecule has 1 atom stereocenters. The fourth-order valence-electron chi connectivity index (χ4n) is 1.33. The summed E-state index contributed by atoms with van der Waals surface area (Å²) in [5.74, 6) is 0. The van der Waals surface area contributed by atoms with Crippen molar-refractivity contribution < 1.29 is 4.74 Å². The van der Waals surface area contributed by atoms with Gasteiger partial charge in [0.25, 0.3) is 0 Å². The molecule has 0 amide bonds. The maximum atomic E-state index is 5.42. The second-order valence-electron chi connectivity index (χ2n) is 2.93. The quantitative estimate of drug-likeness (QED) is 0.690. The highest BCUT2D eigenvalue weighted by Gasteiger charge is 2.07. The van der Waals surface area contributed by atoms with Gasteiger partial charge in [-0.1, -0.05) is 0 Å². The highest BCUT2D eigenvalue weighted by atomic mass is 16.5. The van der Waals surface area contributed by atoms with Crippen LogP contribution in [-0.2, 0) is 4.74 Å². The molecule has 0 spiro atoms. The summed E-state index contributed by atoms with van der Waals surface area (Å²) in [5, 5.41) is 4.32. The Morgan fingerprint density at radius 2 is 2.25 bits per heavy atom. The van der Waals surface area contributed by atoms with E-state index in [1.165, 1.54) is 0 Å². The van der Waals surface area contributed by atoms with Gasteiger partial charge in [-0.25, -0.2) is 4.68 Å². The molecular weight excluding hydrogens is 152 g/mol. The minimum Gasteiger partial charge on any atom is -0.357 e. The Balaban J connectivity index is 2.79. The van der Waals surface area contributed by atoms with Crippen molar-refractivity contribution in [2.24, 2.45) is 0 Å². The number of ether oxygens (including phenoxy) is 1. The Morgan fingerprint density at radius 1 is 1.58 bits per heavy atom. The molecule has 12 heavy (non-hydrogen) atoms. The summed E-state index contributed by atoms with van der Waals surface area (Å²) in [7, 11) is 0. The molecule has 68 valence electrons. The largest absolute Gasteiger partial charge is 0.357 e. The van der Waals surface area contributed by atoms with E-state index >= 15 is 0 Å². The maximum Gasteiger partial charge on any atom is 0.147 e. The lowest BCUT2D eigenvalue weighted by atomic mass is 10.4. The van der Waals surface area contributed by atoms with Gasteiger partial charge in [-0.15, -0.1) is 0 Å². The molecule has 0 aliphatic carbocycles. The first kappa shape index (κ1) is 9.26. The van der Waals surface area contributed by atoms with E-state index in [4.69, 9.17) is 4.74 Å². The van der Waals surface area contributed by atoms with E-state index in [1.807, 2.05) is 32.4 Å². The molecule has 0 N–H and O–H groups in total. The molecule has 1 heterocycles. The third-order valence-corrected chi connectivity index (χ3v) is 1.80. The van der Waals surface area contributed by atoms with Gasteiger partial charge in [0, 0.05) is 12.3 Å². The number of rotatable bonds is 3. The number of hydrogen-bond donors (Lipinski definition) is 0. The summed E-state index contributed by atoms with van der Waals surface area (Å²) in [5.41, 5.74) is 2.19. The molecule has 0 radical (unpaired) electrons. The normalized spacial score (nSPS) is 13.3. The molecule has 1 aromatic heterocycles. The highest BCUT2D eigenvalue weighted by Crippen LogP contribution is 2.11. The molecule has 0 fully saturated rings. The number of nitrogens with zero attached hydrogens (tertiary/aromatic N) is 2. The zero-order chi connectivity index (χ0) is 9.14. The van der Waals surface area contributed by atoms with Crippen LogP contribution in [0.15, 0.2) is 6.07 Å². The third kappa shape index (κ3) is 1.85. The molecule has 3 nitrogen and oxygen atoms in total. The van der Waals surface area contributed by atoms with Crippen LogP contribution < -0.4 is 0 Å². The molecular formula is C9H16N2O. The lowest BCUT2D eigenvalue weighted by molar-refractivity contribution is 0.0144. The molecule has 0 aromatic carbocycles. The molecule has 3 heteroatoms. The predicted octanol–water partition coefficient (Wildman–Crippen LogP) is 2.05. The van der Waals surface area contributed by atoms with E-state index in [1.54, 1.807) is 0 Å². The number of aryl methyl sites for hydroxylation is 2. The van der Waals surface area contributed by atoms with Crippen LogP contribution in [0.2, 0.25) is 0 Å². The number of aromatic nitrogens is 2. The van der Waals surface area contributed by atoms with Crippen molar-refractivity contribution in [1.29, 1.82) is 0 Å². The van der Waals surface area contributed by atoms with Crippen LogP contribution >= 0.6 is 0 Å². The number of hydrogen-bond acceptors (Lipinski definition) is 2. The Hall–Kier alpha value is -0.830. The van der Waals surface area contributed by atoms with Crippen molar-refractivity contribution in [3.05, 3.63) is 17.5 Å². The monoisotopic (exact) mass is 168 g/mol. The average molecular weight is 168 g/mol. The summed E-state index contributed by atoms with van der Waals surface area (Å²) in [6, 6.07) is 2.05. The molecule has 0 aliphatic heterocycles. The van der Waals surface area contributed by atoms with Gasteiger partial charge in [-0.2, -0.15) is 5.10 Å². The summed E-state index contributed by atoms with van der Waals surface area (Å²) < 4.78 is 7.32.